The maximum absolute atomic E-state index is 13.2. The number of fused-ring (bicyclic) bond motifs is 1. The van der Waals surface area contributed by atoms with Gasteiger partial charge in [0.2, 0.25) is 0 Å². The van der Waals surface area contributed by atoms with E-state index in [4.69, 9.17) is 4.74 Å². The number of carboxylic acid groups (broad SMARTS) is 1. The Hall–Kier alpha value is -3.04. The Balaban J connectivity index is 1.48. The zero-order chi connectivity index (χ0) is 29.6. The van der Waals surface area contributed by atoms with Gasteiger partial charge in [-0.05, 0) is 48.6 Å². The number of phenolic OH excluding ortho intramolecular Hbond substituents is 2. The number of phenols is 2. The molecule has 40 heavy (non-hydrogen) atoms. The standard InChI is InChI=1S/C30H37F5O5/c1-28(21-10-12-22(36)13-11-21)19-40-26-18-23(37)14-15-24(26)25(28)9-7-5-3-2-4-6-8-20(27(38)39)16-17-29(31,32)30(33,34)35/h10-15,18,20,25,36-37H,2-9,16-17,19H2,1H3,(H,38,39)/t20?,25-,28-/m1/s1. The number of aromatic hydroxyl groups is 2. The number of unbranched alkanes of at least 4 members (excludes halogenated alkanes) is 5. The van der Waals surface area contributed by atoms with Crippen LogP contribution in [0.3, 0.4) is 0 Å². The van der Waals surface area contributed by atoms with Gasteiger partial charge in [-0.15, -0.1) is 0 Å². The van der Waals surface area contributed by atoms with Gasteiger partial charge in [-0.25, -0.2) is 0 Å². The summed E-state index contributed by atoms with van der Waals surface area (Å²) < 4.78 is 69.5. The molecule has 2 aromatic carbocycles. The van der Waals surface area contributed by atoms with Crippen molar-refractivity contribution in [3.05, 3.63) is 53.6 Å². The van der Waals surface area contributed by atoms with Crippen molar-refractivity contribution >= 4 is 5.97 Å². The van der Waals surface area contributed by atoms with Crippen LogP contribution >= 0.6 is 0 Å². The molecule has 2 aromatic rings. The Bertz CT molecular complexity index is 1120. The first-order chi connectivity index (χ1) is 18.7. The molecule has 0 aliphatic carbocycles. The number of benzene rings is 2. The maximum Gasteiger partial charge on any atom is 0.453 e. The molecule has 1 heterocycles. The van der Waals surface area contributed by atoms with Gasteiger partial charge in [-0.3, -0.25) is 4.79 Å². The lowest BCUT2D eigenvalue weighted by atomic mass is 9.66. The zero-order valence-corrected chi connectivity index (χ0v) is 22.5. The van der Waals surface area contributed by atoms with Gasteiger partial charge in [0.15, 0.2) is 0 Å². The normalized spacial score (nSPS) is 20.0. The quantitative estimate of drug-likeness (QED) is 0.157. The number of carboxylic acids is 1. The van der Waals surface area contributed by atoms with Gasteiger partial charge in [-0.2, -0.15) is 22.0 Å². The van der Waals surface area contributed by atoms with E-state index in [9.17, 15) is 42.1 Å². The fourth-order valence-electron chi connectivity index (χ4n) is 5.54. The molecule has 0 fully saturated rings. The summed E-state index contributed by atoms with van der Waals surface area (Å²) in [5.41, 5.74) is 1.69. The van der Waals surface area contributed by atoms with Crippen LogP contribution in [0.5, 0.6) is 17.2 Å². The first-order valence-electron chi connectivity index (χ1n) is 13.7. The minimum absolute atomic E-state index is 0.0694. The van der Waals surface area contributed by atoms with Crippen LogP contribution in [-0.4, -0.2) is 40.0 Å². The fourth-order valence-corrected chi connectivity index (χ4v) is 5.54. The van der Waals surface area contributed by atoms with E-state index >= 15 is 0 Å². The SMILES string of the molecule is C[C@]1(c2ccc(O)cc2)COc2cc(O)ccc2[C@H]1CCCCCCCCC(CCC(F)(F)C(F)(F)F)C(=O)O. The highest BCUT2D eigenvalue weighted by atomic mass is 19.4. The molecule has 0 saturated carbocycles. The summed E-state index contributed by atoms with van der Waals surface area (Å²) in [7, 11) is 0. The van der Waals surface area contributed by atoms with E-state index in [2.05, 4.69) is 6.92 Å². The van der Waals surface area contributed by atoms with Crippen molar-refractivity contribution in [3.63, 3.8) is 0 Å². The first kappa shape index (κ1) is 31.5. The molecule has 0 spiro atoms. The molecule has 1 unspecified atom stereocenters. The third-order valence-corrected chi connectivity index (χ3v) is 8.06. The van der Waals surface area contributed by atoms with E-state index < -0.39 is 36.8 Å². The highest BCUT2D eigenvalue weighted by Gasteiger charge is 2.57. The van der Waals surface area contributed by atoms with Crippen LogP contribution in [-0.2, 0) is 10.2 Å². The van der Waals surface area contributed by atoms with Gasteiger partial charge in [0.05, 0.1) is 12.5 Å². The van der Waals surface area contributed by atoms with Crippen LogP contribution in [0.15, 0.2) is 42.5 Å². The molecule has 0 saturated heterocycles. The molecule has 5 nitrogen and oxygen atoms in total. The summed E-state index contributed by atoms with van der Waals surface area (Å²) in [5, 5.41) is 28.9. The Morgan fingerprint density at radius 3 is 2.15 bits per heavy atom. The smallest absolute Gasteiger partial charge is 0.453 e. The van der Waals surface area contributed by atoms with Crippen molar-refractivity contribution in [1.82, 2.24) is 0 Å². The van der Waals surface area contributed by atoms with Gasteiger partial charge in [-0.1, -0.05) is 63.6 Å². The van der Waals surface area contributed by atoms with Crippen LogP contribution in [0.4, 0.5) is 22.0 Å². The number of aliphatic carboxylic acids is 1. The second-order valence-corrected chi connectivity index (χ2v) is 11.0. The van der Waals surface area contributed by atoms with E-state index in [1.165, 1.54) is 0 Å². The van der Waals surface area contributed by atoms with E-state index in [-0.39, 0.29) is 29.3 Å². The summed E-state index contributed by atoms with van der Waals surface area (Å²) in [6, 6.07) is 12.2. The molecule has 0 radical (unpaired) electrons. The molecule has 1 aliphatic heterocycles. The molecule has 3 rings (SSSR count). The van der Waals surface area contributed by atoms with Gasteiger partial charge in [0.1, 0.15) is 17.2 Å². The summed E-state index contributed by atoms with van der Waals surface area (Å²) in [5.74, 6) is -6.39. The van der Waals surface area contributed by atoms with Crippen molar-refractivity contribution < 1.29 is 46.8 Å². The fraction of sp³-hybridized carbons (Fsp3) is 0.567. The number of rotatable bonds is 14. The molecule has 0 bridgehead atoms. The molecular weight excluding hydrogens is 535 g/mol. The number of hydrogen-bond acceptors (Lipinski definition) is 4. The van der Waals surface area contributed by atoms with Crippen LogP contribution in [0, 0.1) is 5.92 Å². The number of hydrogen-bond donors (Lipinski definition) is 3. The third kappa shape index (κ3) is 7.79. The number of alkyl halides is 5. The van der Waals surface area contributed by atoms with Crippen LogP contribution in [0.2, 0.25) is 0 Å². The average molecular weight is 573 g/mol. The van der Waals surface area contributed by atoms with Crippen molar-refractivity contribution in [3.8, 4) is 17.2 Å². The Morgan fingerprint density at radius 1 is 0.925 bits per heavy atom. The second-order valence-electron chi connectivity index (χ2n) is 11.0. The van der Waals surface area contributed by atoms with E-state index in [1.807, 2.05) is 18.2 Å². The van der Waals surface area contributed by atoms with Crippen molar-refractivity contribution in [2.24, 2.45) is 5.92 Å². The number of ether oxygens (including phenoxy) is 1. The molecular formula is C30H37F5O5. The molecule has 10 heteroatoms. The maximum atomic E-state index is 13.2. The Kier molecular flexibility index (Phi) is 10.3. The largest absolute Gasteiger partial charge is 0.508 e. The van der Waals surface area contributed by atoms with Gasteiger partial charge in [0, 0.05) is 23.8 Å². The van der Waals surface area contributed by atoms with Gasteiger partial charge >= 0.3 is 18.1 Å². The molecule has 0 amide bonds. The average Bonchev–Trinajstić information content (AvgIpc) is 2.87. The highest BCUT2D eigenvalue weighted by Crippen LogP contribution is 2.50. The van der Waals surface area contributed by atoms with Crippen molar-refractivity contribution in [1.29, 1.82) is 0 Å². The minimum atomic E-state index is -5.67. The molecule has 1 aliphatic rings. The lowest BCUT2D eigenvalue weighted by Gasteiger charge is -2.43. The molecule has 0 aromatic heterocycles. The zero-order valence-electron chi connectivity index (χ0n) is 22.5. The van der Waals surface area contributed by atoms with E-state index in [1.54, 1.807) is 24.3 Å². The minimum Gasteiger partial charge on any atom is -0.508 e. The van der Waals surface area contributed by atoms with Crippen LogP contribution < -0.4 is 4.74 Å². The monoisotopic (exact) mass is 572 g/mol. The summed E-state index contributed by atoms with van der Waals surface area (Å²) in [6.45, 7) is 2.54. The summed E-state index contributed by atoms with van der Waals surface area (Å²) in [6.07, 6.45) is -2.37. The first-order valence-corrected chi connectivity index (χ1v) is 13.7. The molecule has 3 N–H and O–H groups in total. The van der Waals surface area contributed by atoms with Gasteiger partial charge in [0.25, 0.3) is 0 Å². The lowest BCUT2D eigenvalue weighted by Crippen LogP contribution is -2.40. The van der Waals surface area contributed by atoms with Crippen molar-refractivity contribution in [2.45, 2.75) is 94.6 Å². The van der Waals surface area contributed by atoms with Gasteiger partial charge < -0.3 is 20.1 Å². The van der Waals surface area contributed by atoms with Crippen LogP contribution in [0.1, 0.15) is 88.2 Å². The number of carbonyl (C=O) groups is 1. The Morgan fingerprint density at radius 2 is 1.52 bits per heavy atom. The predicted octanol–water partition coefficient (Wildman–Crippen LogP) is 8.33. The van der Waals surface area contributed by atoms with Crippen LogP contribution in [0.25, 0.3) is 0 Å². The molecule has 222 valence electrons. The third-order valence-electron chi connectivity index (χ3n) is 8.06. The molecule has 3 atom stereocenters. The van der Waals surface area contributed by atoms with E-state index in [0.29, 0.717) is 25.2 Å². The Labute approximate surface area is 231 Å². The number of halogens is 5. The van der Waals surface area contributed by atoms with Crippen molar-refractivity contribution in [2.75, 3.05) is 6.61 Å². The highest BCUT2D eigenvalue weighted by molar-refractivity contribution is 5.69. The second kappa shape index (κ2) is 13.1. The predicted molar refractivity (Wildman–Crippen MR) is 140 cm³/mol. The summed E-state index contributed by atoms with van der Waals surface area (Å²) in [4.78, 5) is 11.3. The topological polar surface area (TPSA) is 87.0 Å². The lowest BCUT2D eigenvalue weighted by molar-refractivity contribution is -0.285. The van der Waals surface area contributed by atoms with E-state index in [0.717, 1.165) is 43.2 Å². The summed E-state index contributed by atoms with van der Waals surface area (Å²) >= 11 is 0.